The maximum atomic E-state index is 12.8. The van der Waals surface area contributed by atoms with Gasteiger partial charge in [0.25, 0.3) is 5.91 Å². The molecular formula is C21H20N2OS. The van der Waals surface area contributed by atoms with Gasteiger partial charge < -0.3 is 5.32 Å². The number of nitrogens with zero attached hydrogens (tertiary/aromatic N) is 1. The Balaban J connectivity index is 1.55. The number of para-hydroxylation sites is 1. The average molecular weight is 348 g/mol. The average Bonchev–Trinajstić information content (AvgIpc) is 2.66. The van der Waals surface area contributed by atoms with Crippen molar-refractivity contribution in [2.75, 3.05) is 6.54 Å². The fourth-order valence-corrected chi connectivity index (χ4v) is 4.00. The minimum absolute atomic E-state index is 0.0469. The van der Waals surface area contributed by atoms with Crippen molar-refractivity contribution in [1.82, 2.24) is 10.3 Å². The second-order valence-electron chi connectivity index (χ2n) is 6.53. The summed E-state index contributed by atoms with van der Waals surface area (Å²) >= 11 is 4.44. The number of amides is 1. The topological polar surface area (TPSA) is 42.0 Å². The first-order valence-corrected chi connectivity index (χ1v) is 9.11. The number of thiol groups is 1. The first-order valence-electron chi connectivity index (χ1n) is 8.67. The van der Waals surface area contributed by atoms with Gasteiger partial charge in [0, 0.05) is 28.9 Å². The van der Waals surface area contributed by atoms with Crippen molar-refractivity contribution >= 4 is 29.4 Å². The molecule has 0 radical (unpaired) electrons. The number of aryl methyl sites for hydroxylation is 1. The van der Waals surface area contributed by atoms with Crippen molar-refractivity contribution < 1.29 is 4.79 Å². The molecule has 1 heterocycles. The first kappa shape index (κ1) is 16.2. The number of benzene rings is 2. The number of carbonyl (C=O) groups is 1. The Morgan fingerprint density at radius 2 is 2.04 bits per heavy atom. The van der Waals surface area contributed by atoms with Gasteiger partial charge in [0.05, 0.1) is 11.1 Å². The Kier molecular flexibility index (Phi) is 4.45. The monoisotopic (exact) mass is 348 g/mol. The molecule has 0 fully saturated rings. The summed E-state index contributed by atoms with van der Waals surface area (Å²) in [7, 11) is 0. The normalized spacial score (nSPS) is 16.4. The lowest BCUT2D eigenvalue weighted by Gasteiger charge is -2.25. The molecule has 0 spiro atoms. The highest BCUT2D eigenvalue weighted by Gasteiger charge is 2.21. The number of rotatable bonds is 3. The molecule has 126 valence electrons. The zero-order valence-corrected chi connectivity index (χ0v) is 14.8. The number of hydrogen-bond acceptors (Lipinski definition) is 3. The number of pyridine rings is 1. The fraction of sp³-hybridized carbons (Fsp3) is 0.238. The summed E-state index contributed by atoms with van der Waals surface area (Å²) in [5.74, 6) is 0.344. The van der Waals surface area contributed by atoms with Crippen LogP contribution in [0.15, 0.2) is 59.6 Å². The van der Waals surface area contributed by atoms with Crippen molar-refractivity contribution in [3.8, 4) is 0 Å². The van der Waals surface area contributed by atoms with Gasteiger partial charge in [-0.2, -0.15) is 0 Å². The minimum atomic E-state index is -0.0469. The van der Waals surface area contributed by atoms with Crippen LogP contribution in [-0.4, -0.2) is 17.4 Å². The number of carbonyl (C=O) groups excluding carboxylic acids is 1. The maximum absolute atomic E-state index is 12.8. The number of fused-ring (bicyclic) bond motifs is 2. The van der Waals surface area contributed by atoms with Gasteiger partial charge in [-0.25, -0.2) is 0 Å². The minimum Gasteiger partial charge on any atom is -0.351 e. The van der Waals surface area contributed by atoms with Gasteiger partial charge in [-0.05, 0) is 42.5 Å². The Morgan fingerprint density at radius 3 is 2.96 bits per heavy atom. The van der Waals surface area contributed by atoms with Crippen LogP contribution in [0.1, 0.15) is 40.2 Å². The van der Waals surface area contributed by atoms with Crippen molar-refractivity contribution in [2.45, 2.75) is 30.1 Å². The molecule has 1 aliphatic rings. The summed E-state index contributed by atoms with van der Waals surface area (Å²) in [5.41, 5.74) is 4.22. The van der Waals surface area contributed by atoms with Gasteiger partial charge >= 0.3 is 0 Å². The van der Waals surface area contributed by atoms with Crippen LogP contribution in [0.2, 0.25) is 0 Å². The summed E-state index contributed by atoms with van der Waals surface area (Å²) in [5, 5.41) is 3.97. The Hall–Kier alpha value is -2.33. The number of aromatic nitrogens is 1. The zero-order chi connectivity index (χ0) is 17.2. The van der Waals surface area contributed by atoms with Crippen LogP contribution in [0.4, 0.5) is 0 Å². The van der Waals surface area contributed by atoms with E-state index in [0.717, 1.165) is 28.6 Å². The summed E-state index contributed by atoms with van der Waals surface area (Å²) < 4.78 is 0. The largest absolute Gasteiger partial charge is 0.351 e. The van der Waals surface area contributed by atoms with E-state index in [9.17, 15) is 4.79 Å². The van der Waals surface area contributed by atoms with E-state index in [1.165, 1.54) is 17.5 Å². The highest BCUT2D eigenvalue weighted by Crippen LogP contribution is 2.31. The van der Waals surface area contributed by atoms with E-state index in [4.69, 9.17) is 0 Å². The molecular weight excluding hydrogens is 328 g/mol. The van der Waals surface area contributed by atoms with E-state index < -0.39 is 0 Å². The van der Waals surface area contributed by atoms with Crippen LogP contribution < -0.4 is 5.32 Å². The molecule has 0 aliphatic heterocycles. The molecule has 0 bridgehead atoms. The maximum Gasteiger partial charge on any atom is 0.252 e. The van der Waals surface area contributed by atoms with Gasteiger partial charge in [0.1, 0.15) is 0 Å². The summed E-state index contributed by atoms with van der Waals surface area (Å²) in [6.45, 7) is 0.667. The molecule has 1 unspecified atom stereocenters. The lowest BCUT2D eigenvalue weighted by Crippen LogP contribution is -2.30. The molecule has 3 nitrogen and oxygen atoms in total. The summed E-state index contributed by atoms with van der Waals surface area (Å²) in [6.07, 6.45) is 5.11. The number of hydrogen-bond donors (Lipinski definition) is 2. The fourth-order valence-electron chi connectivity index (χ4n) is 3.74. The van der Waals surface area contributed by atoms with Crippen LogP contribution in [0.5, 0.6) is 0 Å². The Morgan fingerprint density at radius 1 is 1.16 bits per heavy atom. The molecule has 0 saturated heterocycles. The Labute approximate surface area is 152 Å². The van der Waals surface area contributed by atoms with Crippen LogP contribution in [0, 0.1) is 0 Å². The van der Waals surface area contributed by atoms with Crippen LogP contribution in [0.3, 0.4) is 0 Å². The standard InChI is InChI=1S/C21H20N2OS/c24-21(18-11-12-22-20-17(18)9-4-10-19(20)25)23-13-15-7-3-6-14-5-1-2-8-16(14)15/h1-2,4-5,8-12,15,25H,3,6-7,13H2,(H,23,24). The zero-order valence-electron chi connectivity index (χ0n) is 13.9. The second kappa shape index (κ2) is 6.89. The molecule has 1 aliphatic carbocycles. The van der Waals surface area contributed by atoms with Gasteiger partial charge in [0.2, 0.25) is 0 Å². The van der Waals surface area contributed by atoms with Crippen molar-refractivity contribution in [3.05, 3.63) is 71.4 Å². The lowest BCUT2D eigenvalue weighted by molar-refractivity contribution is 0.0952. The van der Waals surface area contributed by atoms with Crippen LogP contribution >= 0.6 is 12.6 Å². The first-order chi connectivity index (χ1) is 12.2. The Bertz CT molecular complexity index is 938. The van der Waals surface area contributed by atoms with E-state index in [1.807, 2.05) is 18.2 Å². The quantitative estimate of drug-likeness (QED) is 0.690. The van der Waals surface area contributed by atoms with E-state index in [-0.39, 0.29) is 5.91 Å². The predicted octanol–water partition coefficient (Wildman–Crippen LogP) is 4.37. The molecule has 1 N–H and O–H groups in total. The van der Waals surface area contributed by atoms with Crippen molar-refractivity contribution in [3.63, 3.8) is 0 Å². The van der Waals surface area contributed by atoms with Gasteiger partial charge in [-0.15, -0.1) is 12.6 Å². The molecule has 1 atom stereocenters. The second-order valence-corrected chi connectivity index (χ2v) is 7.01. The molecule has 0 saturated carbocycles. The van der Waals surface area contributed by atoms with E-state index in [1.54, 1.807) is 12.3 Å². The van der Waals surface area contributed by atoms with Crippen molar-refractivity contribution in [2.24, 2.45) is 0 Å². The smallest absolute Gasteiger partial charge is 0.252 e. The third-order valence-corrected chi connectivity index (χ3v) is 5.36. The number of nitrogens with one attached hydrogen (secondary N) is 1. The van der Waals surface area contributed by atoms with Crippen molar-refractivity contribution in [1.29, 1.82) is 0 Å². The molecule has 25 heavy (non-hydrogen) atoms. The molecule has 3 aromatic rings. The van der Waals surface area contributed by atoms with Gasteiger partial charge in [-0.1, -0.05) is 36.4 Å². The molecule has 2 aromatic carbocycles. The van der Waals surface area contributed by atoms with Gasteiger partial charge in [0.15, 0.2) is 0 Å². The molecule has 1 aromatic heterocycles. The third kappa shape index (κ3) is 3.14. The SMILES string of the molecule is O=C(NCC1CCCc2ccccc21)c1ccnc2c(S)cccc12. The highest BCUT2D eigenvalue weighted by atomic mass is 32.1. The third-order valence-electron chi connectivity index (χ3n) is 5.00. The van der Waals surface area contributed by atoms with E-state index in [2.05, 4.69) is 47.2 Å². The molecule has 1 amide bonds. The van der Waals surface area contributed by atoms with Crippen LogP contribution in [0.25, 0.3) is 10.9 Å². The predicted molar refractivity (Wildman–Crippen MR) is 103 cm³/mol. The molecule has 4 rings (SSSR count). The molecule has 4 heteroatoms. The summed E-state index contributed by atoms with van der Waals surface area (Å²) in [4.78, 5) is 17.9. The lowest BCUT2D eigenvalue weighted by atomic mass is 9.83. The summed E-state index contributed by atoms with van der Waals surface area (Å²) in [6, 6.07) is 16.1. The van der Waals surface area contributed by atoms with E-state index >= 15 is 0 Å². The highest BCUT2D eigenvalue weighted by molar-refractivity contribution is 7.80. The van der Waals surface area contributed by atoms with Crippen LogP contribution in [-0.2, 0) is 6.42 Å². The van der Waals surface area contributed by atoms with E-state index in [0.29, 0.717) is 18.0 Å². The van der Waals surface area contributed by atoms with Gasteiger partial charge in [-0.3, -0.25) is 9.78 Å².